The van der Waals surface area contributed by atoms with Crippen LogP contribution in [0.2, 0.25) is 0 Å². The lowest BCUT2D eigenvalue weighted by atomic mass is 10.2. The van der Waals surface area contributed by atoms with Crippen molar-refractivity contribution in [3.63, 3.8) is 0 Å². The van der Waals surface area contributed by atoms with Crippen LogP contribution in [0.4, 0.5) is 10.1 Å². The number of carbonyl (C=O) groups is 1. The van der Waals surface area contributed by atoms with Crippen molar-refractivity contribution in [3.8, 4) is 17.2 Å². The van der Waals surface area contributed by atoms with Gasteiger partial charge >= 0.3 is 0 Å². The molecule has 0 unspecified atom stereocenters. The third kappa shape index (κ3) is 3.59. The van der Waals surface area contributed by atoms with Crippen LogP contribution in [0.3, 0.4) is 0 Å². The fraction of sp³-hybridized carbons (Fsp3) is 0.278. The maximum atomic E-state index is 14.0. The standard InChI is InChI=1S/C18H18FNO4/c1-11(2)24-15-5-3-12(9-14(15)19)18(21)20-13-4-6-16-17(10-13)23-8-7-22-16/h3-6,9-11H,7-8H2,1-2H3,(H,20,21). The summed E-state index contributed by atoms with van der Waals surface area (Å²) >= 11 is 0. The second kappa shape index (κ2) is 6.78. The monoisotopic (exact) mass is 331 g/mol. The van der Waals surface area contributed by atoms with Gasteiger partial charge in [0.2, 0.25) is 0 Å². The zero-order valence-electron chi connectivity index (χ0n) is 13.5. The molecule has 0 radical (unpaired) electrons. The molecule has 0 fully saturated rings. The lowest BCUT2D eigenvalue weighted by molar-refractivity contribution is 0.102. The van der Waals surface area contributed by atoms with Crippen molar-refractivity contribution in [2.75, 3.05) is 18.5 Å². The molecule has 6 heteroatoms. The SMILES string of the molecule is CC(C)Oc1ccc(C(=O)Nc2ccc3c(c2)OCCO3)cc1F. The Morgan fingerprint density at radius 2 is 1.88 bits per heavy atom. The number of ether oxygens (including phenoxy) is 3. The number of carbonyl (C=O) groups excluding carboxylic acids is 1. The van der Waals surface area contributed by atoms with Crippen molar-refractivity contribution < 1.29 is 23.4 Å². The molecule has 126 valence electrons. The van der Waals surface area contributed by atoms with E-state index >= 15 is 0 Å². The Morgan fingerprint density at radius 3 is 2.58 bits per heavy atom. The normalized spacial score (nSPS) is 12.8. The van der Waals surface area contributed by atoms with E-state index < -0.39 is 11.7 Å². The number of hydrogen-bond acceptors (Lipinski definition) is 4. The molecule has 1 aliphatic heterocycles. The van der Waals surface area contributed by atoms with Crippen LogP contribution in [0.5, 0.6) is 17.2 Å². The summed E-state index contributed by atoms with van der Waals surface area (Å²) in [6.45, 7) is 4.58. The summed E-state index contributed by atoms with van der Waals surface area (Å²) in [6, 6.07) is 9.24. The maximum Gasteiger partial charge on any atom is 0.255 e. The summed E-state index contributed by atoms with van der Waals surface area (Å²) in [4.78, 5) is 12.3. The summed E-state index contributed by atoms with van der Waals surface area (Å²) in [5, 5.41) is 2.71. The molecule has 0 bridgehead atoms. The number of rotatable bonds is 4. The molecule has 1 amide bonds. The molecule has 3 rings (SSSR count). The highest BCUT2D eigenvalue weighted by Crippen LogP contribution is 2.32. The second-order valence-electron chi connectivity index (χ2n) is 5.62. The van der Waals surface area contributed by atoms with E-state index in [1.165, 1.54) is 12.1 Å². The van der Waals surface area contributed by atoms with E-state index in [-0.39, 0.29) is 17.4 Å². The summed E-state index contributed by atoms with van der Waals surface area (Å²) in [5.41, 5.74) is 0.755. The highest BCUT2D eigenvalue weighted by atomic mass is 19.1. The number of halogens is 1. The van der Waals surface area contributed by atoms with Gasteiger partial charge < -0.3 is 19.5 Å². The maximum absolute atomic E-state index is 14.0. The van der Waals surface area contributed by atoms with Gasteiger partial charge in [-0.15, -0.1) is 0 Å². The van der Waals surface area contributed by atoms with Crippen molar-refractivity contribution in [1.82, 2.24) is 0 Å². The van der Waals surface area contributed by atoms with Crippen LogP contribution in [-0.4, -0.2) is 25.2 Å². The van der Waals surface area contributed by atoms with Crippen LogP contribution in [0.25, 0.3) is 0 Å². The predicted octanol–water partition coefficient (Wildman–Crippen LogP) is 3.64. The number of amides is 1. The number of benzene rings is 2. The van der Waals surface area contributed by atoms with Crippen LogP contribution in [0.15, 0.2) is 36.4 Å². The Hall–Kier alpha value is -2.76. The van der Waals surface area contributed by atoms with E-state index in [0.29, 0.717) is 30.4 Å². The van der Waals surface area contributed by atoms with Gasteiger partial charge in [-0.25, -0.2) is 4.39 Å². The molecule has 24 heavy (non-hydrogen) atoms. The predicted molar refractivity (Wildman–Crippen MR) is 87.5 cm³/mol. The van der Waals surface area contributed by atoms with Crippen molar-refractivity contribution in [2.24, 2.45) is 0 Å². The molecule has 1 aliphatic rings. The number of anilines is 1. The van der Waals surface area contributed by atoms with E-state index in [2.05, 4.69) is 5.32 Å². The van der Waals surface area contributed by atoms with Crippen LogP contribution in [0, 0.1) is 5.82 Å². The smallest absolute Gasteiger partial charge is 0.255 e. The Morgan fingerprint density at radius 1 is 1.12 bits per heavy atom. The molecular weight excluding hydrogens is 313 g/mol. The van der Waals surface area contributed by atoms with Crippen LogP contribution in [-0.2, 0) is 0 Å². The summed E-state index contributed by atoms with van der Waals surface area (Å²) in [5.74, 6) is 0.354. The van der Waals surface area contributed by atoms with Gasteiger partial charge in [0.15, 0.2) is 23.1 Å². The molecule has 0 saturated carbocycles. The first-order valence-corrected chi connectivity index (χ1v) is 7.70. The Balaban J connectivity index is 1.74. The van der Waals surface area contributed by atoms with Crippen LogP contribution in [0.1, 0.15) is 24.2 Å². The van der Waals surface area contributed by atoms with Gasteiger partial charge in [0, 0.05) is 17.3 Å². The zero-order chi connectivity index (χ0) is 17.1. The third-order valence-electron chi connectivity index (χ3n) is 3.36. The quantitative estimate of drug-likeness (QED) is 0.929. The van der Waals surface area contributed by atoms with E-state index in [4.69, 9.17) is 14.2 Å². The van der Waals surface area contributed by atoms with Gasteiger partial charge in [0.05, 0.1) is 6.10 Å². The molecule has 0 aliphatic carbocycles. The lowest BCUT2D eigenvalue weighted by Gasteiger charge is -2.19. The average molecular weight is 331 g/mol. The Labute approximate surface area is 139 Å². The molecule has 5 nitrogen and oxygen atoms in total. The number of hydrogen-bond donors (Lipinski definition) is 1. The molecule has 0 spiro atoms. The summed E-state index contributed by atoms with van der Waals surface area (Å²) in [7, 11) is 0. The molecule has 0 atom stereocenters. The van der Waals surface area contributed by atoms with Crippen LogP contribution < -0.4 is 19.5 Å². The minimum atomic E-state index is -0.571. The molecule has 0 aromatic heterocycles. The van der Waals surface area contributed by atoms with Crippen molar-refractivity contribution >= 4 is 11.6 Å². The minimum Gasteiger partial charge on any atom is -0.488 e. The minimum absolute atomic E-state index is 0.126. The Kier molecular flexibility index (Phi) is 4.55. The largest absolute Gasteiger partial charge is 0.488 e. The molecule has 0 saturated heterocycles. The fourth-order valence-corrected chi connectivity index (χ4v) is 2.32. The second-order valence-corrected chi connectivity index (χ2v) is 5.62. The summed E-state index contributed by atoms with van der Waals surface area (Å²) in [6.07, 6.45) is -0.142. The first-order valence-electron chi connectivity index (χ1n) is 7.70. The van der Waals surface area contributed by atoms with E-state index in [9.17, 15) is 9.18 Å². The van der Waals surface area contributed by atoms with E-state index in [1.807, 2.05) is 13.8 Å². The van der Waals surface area contributed by atoms with Crippen molar-refractivity contribution in [3.05, 3.63) is 47.8 Å². The molecule has 1 N–H and O–H groups in total. The summed E-state index contributed by atoms with van der Waals surface area (Å²) < 4.78 is 30.2. The van der Waals surface area contributed by atoms with Gasteiger partial charge in [0.25, 0.3) is 5.91 Å². The highest BCUT2D eigenvalue weighted by Gasteiger charge is 2.15. The lowest BCUT2D eigenvalue weighted by Crippen LogP contribution is -2.16. The molecule has 2 aromatic carbocycles. The zero-order valence-corrected chi connectivity index (χ0v) is 13.5. The third-order valence-corrected chi connectivity index (χ3v) is 3.36. The van der Waals surface area contributed by atoms with Crippen LogP contribution >= 0.6 is 0 Å². The van der Waals surface area contributed by atoms with Crippen molar-refractivity contribution in [1.29, 1.82) is 0 Å². The van der Waals surface area contributed by atoms with E-state index in [1.54, 1.807) is 18.2 Å². The number of fused-ring (bicyclic) bond motifs is 1. The molecule has 1 heterocycles. The molecule has 2 aromatic rings. The van der Waals surface area contributed by atoms with Gasteiger partial charge in [-0.3, -0.25) is 4.79 Å². The fourth-order valence-electron chi connectivity index (χ4n) is 2.32. The van der Waals surface area contributed by atoms with Gasteiger partial charge in [-0.1, -0.05) is 0 Å². The number of nitrogens with one attached hydrogen (secondary N) is 1. The Bertz CT molecular complexity index is 761. The van der Waals surface area contributed by atoms with E-state index in [0.717, 1.165) is 6.07 Å². The van der Waals surface area contributed by atoms with Gasteiger partial charge in [0.1, 0.15) is 13.2 Å². The first kappa shape index (κ1) is 16.1. The van der Waals surface area contributed by atoms with Gasteiger partial charge in [-0.2, -0.15) is 0 Å². The average Bonchev–Trinajstić information content (AvgIpc) is 2.56. The molecular formula is C18H18FNO4. The highest BCUT2D eigenvalue weighted by molar-refractivity contribution is 6.04. The first-order chi connectivity index (χ1) is 11.5. The van der Waals surface area contributed by atoms with Crippen molar-refractivity contribution in [2.45, 2.75) is 20.0 Å². The van der Waals surface area contributed by atoms with Gasteiger partial charge in [-0.05, 0) is 44.2 Å². The topological polar surface area (TPSA) is 56.8 Å².